The molecule has 0 aliphatic carbocycles. The monoisotopic (exact) mass is 384 g/mol. The molecule has 0 radical (unpaired) electrons. The minimum absolute atomic E-state index is 0.0180. The third-order valence-electron chi connectivity index (χ3n) is 3.39. The van der Waals surface area contributed by atoms with Gasteiger partial charge in [0.1, 0.15) is 17.2 Å². The molecule has 0 aliphatic heterocycles. The molecule has 0 saturated heterocycles. The van der Waals surface area contributed by atoms with Gasteiger partial charge in [0.25, 0.3) is 5.91 Å². The summed E-state index contributed by atoms with van der Waals surface area (Å²) in [6.07, 6.45) is 0. The molecule has 0 spiro atoms. The molecule has 6 nitrogen and oxygen atoms in total. The van der Waals surface area contributed by atoms with Crippen LogP contribution in [0, 0.1) is 11.6 Å². The molecule has 0 heterocycles. The smallest absolute Gasteiger partial charge is 0.261 e. The third-order valence-corrected chi connectivity index (χ3v) is 4.99. The maximum atomic E-state index is 13.6. The maximum absolute atomic E-state index is 13.6. The van der Waals surface area contributed by atoms with E-state index in [1.165, 1.54) is 31.4 Å². The Morgan fingerprint density at radius 3 is 2.23 bits per heavy atom. The topological polar surface area (TPSA) is 84.5 Å². The van der Waals surface area contributed by atoms with Crippen molar-refractivity contribution in [3.8, 4) is 0 Å². The molecule has 26 heavy (non-hydrogen) atoms. The van der Waals surface area contributed by atoms with Crippen LogP contribution in [0.4, 0.5) is 14.5 Å². The van der Waals surface area contributed by atoms with E-state index < -0.39 is 39.2 Å². The van der Waals surface area contributed by atoms with Crippen LogP contribution in [-0.4, -0.2) is 34.1 Å². The zero-order valence-corrected chi connectivity index (χ0v) is 14.9. The fourth-order valence-corrected chi connectivity index (χ4v) is 3.47. The number of rotatable bonds is 7. The van der Waals surface area contributed by atoms with E-state index in [1.54, 1.807) is 6.92 Å². The van der Waals surface area contributed by atoms with Gasteiger partial charge in [0.05, 0.1) is 11.5 Å². The molecule has 0 bridgehead atoms. The first-order chi connectivity index (χ1) is 12.2. The standard InChI is InChI=1S/C17H18F2N2O4S/c1-11(10-25-2)21-26(23,24)13-8-6-12(7-9-13)20-17(22)16-14(18)4-3-5-15(16)19/h3-9,11,21H,10H2,1-2H3,(H,20,22). The maximum Gasteiger partial charge on any atom is 0.261 e. The number of halogens is 2. The summed E-state index contributed by atoms with van der Waals surface area (Å²) in [6.45, 7) is 1.86. The highest BCUT2D eigenvalue weighted by Gasteiger charge is 2.19. The van der Waals surface area contributed by atoms with E-state index in [0.29, 0.717) is 0 Å². The second-order valence-corrected chi connectivity index (χ2v) is 7.27. The van der Waals surface area contributed by atoms with Crippen molar-refractivity contribution in [3.63, 3.8) is 0 Å². The predicted molar refractivity (Wildman–Crippen MR) is 92.4 cm³/mol. The zero-order valence-electron chi connectivity index (χ0n) is 14.1. The fraction of sp³-hybridized carbons (Fsp3) is 0.235. The number of sulfonamides is 1. The highest BCUT2D eigenvalue weighted by Crippen LogP contribution is 2.17. The van der Waals surface area contributed by atoms with Crippen molar-refractivity contribution in [2.24, 2.45) is 0 Å². The summed E-state index contributed by atoms with van der Waals surface area (Å²) in [7, 11) is -2.30. The molecule has 0 aliphatic rings. The van der Waals surface area contributed by atoms with Gasteiger partial charge >= 0.3 is 0 Å². The summed E-state index contributed by atoms with van der Waals surface area (Å²) in [6, 6.07) is 7.87. The molecule has 1 atom stereocenters. The number of nitrogens with one attached hydrogen (secondary N) is 2. The average molecular weight is 384 g/mol. The Labute approximate surface area is 150 Å². The number of hydrogen-bond donors (Lipinski definition) is 2. The van der Waals surface area contributed by atoms with Crippen molar-refractivity contribution in [3.05, 3.63) is 59.7 Å². The van der Waals surface area contributed by atoms with Crippen LogP contribution in [0.1, 0.15) is 17.3 Å². The molecular weight excluding hydrogens is 366 g/mol. The van der Waals surface area contributed by atoms with E-state index >= 15 is 0 Å². The van der Waals surface area contributed by atoms with Gasteiger partial charge in [0, 0.05) is 18.8 Å². The van der Waals surface area contributed by atoms with Gasteiger partial charge in [-0.2, -0.15) is 0 Å². The number of carbonyl (C=O) groups excluding carboxylic acids is 1. The van der Waals surface area contributed by atoms with Crippen molar-refractivity contribution < 1.29 is 26.7 Å². The number of hydrogen-bond acceptors (Lipinski definition) is 4. The van der Waals surface area contributed by atoms with Crippen LogP contribution in [-0.2, 0) is 14.8 Å². The van der Waals surface area contributed by atoms with Crippen molar-refractivity contribution in [1.82, 2.24) is 4.72 Å². The minimum atomic E-state index is -3.76. The largest absolute Gasteiger partial charge is 0.383 e. The number of methoxy groups -OCH3 is 1. The van der Waals surface area contributed by atoms with Crippen LogP contribution in [0.15, 0.2) is 47.4 Å². The van der Waals surface area contributed by atoms with Crippen LogP contribution in [0.5, 0.6) is 0 Å². The molecule has 1 unspecified atom stereocenters. The second-order valence-electron chi connectivity index (χ2n) is 5.55. The third kappa shape index (κ3) is 4.84. The highest BCUT2D eigenvalue weighted by molar-refractivity contribution is 7.89. The summed E-state index contributed by atoms with van der Waals surface area (Å²) in [5.41, 5.74) is -0.513. The molecule has 2 aromatic carbocycles. The van der Waals surface area contributed by atoms with E-state index in [-0.39, 0.29) is 17.2 Å². The van der Waals surface area contributed by atoms with Gasteiger partial charge in [0.2, 0.25) is 10.0 Å². The lowest BCUT2D eigenvalue weighted by Gasteiger charge is -2.13. The SMILES string of the molecule is COCC(C)NS(=O)(=O)c1ccc(NC(=O)c2c(F)cccc2F)cc1. The van der Waals surface area contributed by atoms with Crippen LogP contribution in [0.3, 0.4) is 0 Å². The molecule has 0 aromatic heterocycles. The number of ether oxygens (including phenoxy) is 1. The van der Waals surface area contributed by atoms with Crippen LogP contribution < -0.4 is 10.0 Å². The Bertz CT molecular complexity index is 866. The summed E-state index contributed by atoms with van der Waals surface area (Å²) < 4.78 is 58.9. The average Bonchev–Trinajstić information content (AvgIpc) is 2.55. The molecule has 1 amide bonds. The van der Waals surface area contributed by atoms with Gasteiger partial charge < -0.3 is 10.1 Å². The van der Waals surface area contributed by atoms with Crippen molar-refractivity contribution >= 4 is 21.6 Å². The molecule has 2 N–H and O–H groups in total. The summed E-state index contributed by atoms with van der Waals surface area (Å²) >= 11 is 0. The molecule has 0 fully saturated rings. The summed E-state index contributed by atoms with van der Waals surface area (Å²) in [5, 5.41) is 2.33. The van der Waals surface area contributed by atoms with Crippen LogP contribution in [0.2, 0.25) is 0 Å². The van der Waals surface area contributed by atoms with Gasteiger partial charge in [-0.1, -0.05) is 6.07 Å². The van der Waals surface area contributed by atoms with Crippen molar-refractivity contribution in [2.75, 3.05) is 19.0 Å². The number of benzene rings is 2. The first-order valence-corrected chi connectivity index (χ1v) is 9.09. The first kappa shape index (κ1) is 20.0. The molecular formula is C17H18F2N2O4S. The van der Waals surface area contributed by atoms with Gasteiger partial charge in [-0.05, 0) is 43.3 Å². The van der Waals surface area contributed by atoms with E-state index in [2.05, 4.69) is 10.0 Å². The van der Waals surface area contributed by atoms with E-state index in [1.807, 2.05) is 0 Å². The summed E-state index contributed by atoms with van der Waals surface area (Å²) in [4.78, 5) is 12.0. The number of amides is 1. The summed E-state index contributed by atoms with van der Waals surface area (Å²) in [5.74, 6) is -2.95. The van der Waals surface area contributed by atoms with E-state index in [9.17, 15) is 22.0 Å². The van der Waals surface area contributed by atoms with Crippen molar-refractivity contribution in [2.45, 2.75) is 17.9 Å². The van der Waals surface area contributed by atoms with Gasteiger partial charge in [-0.25, -0.2) is 21.9 Å². The Balaban J connectivity index is 2.13. The van der Waals surface area contributed by atoms with E-state index in [4.69, 9.17) is 4.74 Å². The van der Waals surface area contributed by atoms with E-state index in [0.717, 1.165) is 18.2 Å². The van der Waals surface area contributed by atoms with Crippen LogP contribution >= 0.6 is 0 Å². The predicted octanol–water partition coefficient (Wildman–Crippen LogP) is 2.53. The minimum Gasteiger partial charge on any atom is -0.383 e. The van der Waals surface area contributed by atoms with Crippen LogP contribution in [0.25, 0.3) is 0 Å². The molecule has 2 aromatic rings. The first-order valence-electron chi connectivity index (χ1n) is 7.61. The number of anilines is 1. The highest BCUT2D eigenvalue weighted by atomic mass is 32.2. The Kier molecular flexibility index (Phi) is 6.41. The molecule has 2 rings (SSSR count). The Hall–Kier alpha value is -2.36. The molecule has 9 heteroatoms. The van der Waals surface area contributed by atoms with Gasteiger partial charge in [-0.3, -0.25) is 4.79 Å². The van der Waals surface area contributed by atoms with Gasteiger partial charge in [0.15, 0.2) is 0 Å². The lowest BCUT2D eigenvalue weighted by Crippen LogP contribution is -2.35. The fourth-order valence-electron chi connectivity index (χ4n) is 2.24. The lowest BCUT2D eigenvalue weighted by molar-refractivity contribution is 0.101. The second kappa shape index (κ2) is 8.35. The molecule has 0 saturated carbocycles. The molecule has 140 valence electrons. The quantitative estimate of drug-likeness (QED) is 0.768. The number of carbonyl (C=O) groups is 1. The lowest BCUT2D eigenvalue weighted by atomic mass is 10.2. The zero-order chi connectivity index (χ0) is 19.3. The van der Waals surface area contributed by atoms with Crippen molar-refractivity contribution in [1.29, 1.82) is 0 Å². The normalized spacial score (nSPS) is 12.6. The Morgan fingerprint density at radius 2 is 1.69 bits per heavy atom. The van der Waals surface area contributed by atoms with Gasteiger partial charge in [-0.15, -0.1) is 0 Å². The Morgan fingerprint density at radius 1 is 1.12 bits per heavy atom.